The number of halogens is 1. The minimum absolute atomic E-state index is 0.0378. The van der Waals surface area contributed by atoms with Crippen LogP contribution in [0.15, 0.2) is 46.3 Å². The van der Waals surface area contributed by atoms with E-state index in [2.05, 4.69) is 17.9 Å². The number of allylic oxidation sites excluding steroid dienone is 1. The number of methoxy groups -OCH3 is 1. The monoisotopic (exact) mass is 433 g/mol. The van der Waals surface area contributed by atoms with Crippen LogP contribution in [-0.4, -0.2) is 19.4 Å². The first-order valence-electron chi connectivity index (χ1n) is 10.1. The van der Waals surface area contributed by atoms with E-state index >= 15 is 0 Å². The molecule has 0 bridgehead atoms. The molecule has 5 heteroatoms. The summed E-state index contributed by atoms with van der Waals surface area (Å²) in [6.45, 7) is 14.4. The van der Waals surface area contributed by atoms with Crippen molar-refractivity contribution in [3.63, 3.8) is 0 Å². The van der Waals surface area contributed by atoms with Crippen LogP contribution in [0.5, 0.6) is 5.75 Å². The van der Waals surface area contributed by atoms with Crippen LogP contribution in [0.25, 0.3) is 11.1 Å². The Bertz CT molecular complexity index is 877. The smallest absolute Gasteiger partial charge is 0.155 e. The fourth-order valence-electron chi connectivity index (χ4n) is 3.04. The highest BCUT2D eigenvalue weighted by molar-refractivity contribution is 8.03. The number of fused-ring (bicyclic) bond motifs is 1. The summed E-state index contributed by atoms with van der Waals surface area (Å²) < 4.78 is 5.65. The Kier molecular flexibility index (Phi) is 10.3. The van der Waals surface area contributed by atoms with Gasteiger partial charge in [-0.3, -0.25) is 4.79 Å². The van der Waals surface area contributed by atoms with Gasteiger partial charge < -0.3 is 9.64 Å². The molecular weight excluding hydrogens is 402 g/mol. The van der Waals surface area contributed by atoms with Crippen LogP contribution in [0, 0.1) is 6.92 Å². The van der Waals surface area contributed by atoms with Crippen molar-refractivity contribution in [2.75, 3.05) is 18.6 Å². The van der Waals surface area contributed by atoms with E-state index < -0.39 is 0 Å². The van der Waals surface area contributed by atoms with Gasteiger partial charge in [0.15, 0.2) is 5.78 Å². The molecule has 0 spiro atoms. The number of rotatable bonds is 4. The van der Waals surface area contributed by atoms with Gasteiger partial charge in [-0.05, 0) is 45.0 Å². The summed E-state index contributed by atoms with van der Waals surface area (Å²) in [7, 11) is 1.67. The zero-order valence-electron chi connectivity index (χ0n) is 18.7. The molecule has 1 aliphatic heterocycles. The summed E-state index contributed by atoms with van der Waals surface area (Å²) in [6, 6.07) is 9.98. The molecule has 0 fully saturated rings. The number of ketones is 1. The normalized spacial score (nSPS) is 13.1. The van der Waals surface area contributed by atoms with Gasteiger partial charge in [-0.1, -0.05) is 62.7 Å². The van der Waals surface area contributed by atoms with Crippen molar-refractivity contribution in [2.45, 2.75) is 53.4 Å². The Labute approximate surface area is 185 Å². The minimum Gasteiger partial charge on any atom is -0.496 e. The van der Waals surface area contributed by atoms with Crippen LogP contribution in [-0.2, 0) is 4.79 Å². The van der Waals surface area contributed by atoms with Gasteiger partial charge in [0.25, 0.3) is 0 Å². The molecule has 3 nitrogen and oxygen atoms in total. The standard InChI is InChI=1S/C20H20ClNO2S.2C2H6/c1-5-22-18(11-13(3)23)25-17-9-8-16(24-4)19(20(17)22)14-10-12(2)6-7-15(14)21;2*1-2/h6-11H,5H2,1-4H3;2*1-2H3/b18-11-;;. The van der Waals surface area contributed by atoms with Crippen molar-refractivity contribution in [1.29, 1.82) is 0 Å². The van der Waals surface area contributed by atoms with Crippen LogP contribution in [0.1, 0.15) is 47.1 Å². The topological polar surface area (TPSA) is 29.5 Å². The summed E-state index contributed by atoms with van der Waals surface area (Å²) in [4.78, 5) is 14.9. The molecule has 0 saturated carbocycles. The van der Waals surface area contributed by atoms with Gasteiger partial charge in [0.2, 0.25) is 0 Å². The lowest BCUT2D eigenvalue weighted by Gasteiger charge is -2.23. The predicted molar refractivity (Wildman–Crippen MR) is 129 cm³/mol. The lowest BCUT2D eigenvalue weighted by Crippen LogP contribution is -2.18. The third kappa shape index (κ3) is 5.58. The molecule has 2 aromatic carbocycles. The summed E-state index contributed by atoms with van der Waals surface area (Å²) in [5, 5.41) is 1.62. The number of carbonyl (C=O) groups excluding carboxylic acids is 1. The molecule has 0 radical (unpaired) electrons. The summed E-state index contributed by atoms with van der Waals surface area (Å²) in [5.41, 5.74) is 4.09. The fourth-order valence-corrected chi connectivity index (χ4v) is 4.48. The van der Waals surface area contributed by atoms with E-state index in [-0.39, 0.29) is 5.78 Å². The second-order valence-corrected chi connectivity index (χ2v) is 7.38. The van der Waals surface area contributed by atoms with E-state index in [0.717, 1.165) is 44.6 Å². The highest BCUT2D eigenvalue weighted by Crippen LogP contribution is 2.54. The van der Waals surface area contributed by atoms with Crippen LogP contribution >= 0.6 is 23.4 Å². The molecule has 0 saturated heterocycles. The first-order chi connectivity index (χ1) is 14.0. The van der Waals surface area contributed by atoms with Crippen LogP contribution in [0.2, 0.25) is 5.02 Å². The van der Waals surface area contributed by atoms with Crippen molar-refractivity contribution in [3.8, 4) is 16.9 Å². The summed E-state index contributed by atoms with van der Waals surface area (Å²) in [5.74, 6) is 0.810. The second kappa shape index (κ2) is 11.9. The molecule has 0 atom stereocenters. The molecule has 29 heavy (non-hydrogen) atoms. The van der Waals surface area contributed by atoms with E-state index in [1.54, 1.807) is 31.9 Å². The first-order valence-corrected chi connectivity index (χ1v) is 11.3. The van der Waals surface area contributed by atoms with E-state index in [4.69, 9.17) is 16.3 Å². The molecule has 0 N–H and O–H groups in total. The highest BCUT2D eigenvalue weighted by Gasteiger charge is 2.30. The molecule has 1 aliphatic rings. The zero-order chi connectivity index (χ0) is 22.1. The Balaban J connectivity index is 0.000000989. The average Bonchev–Trinajstić information content (AvgIpc) is 3.08. The number of hydrogen-bond donors (Lipinski definition) is 0. The average molecular weight is 434 g/mol. The maximum Gasteiger partial charge on any atom is 0.155 e. The van der Waals surface area contributed by atoms with Gasteiger partial charge in [-0.2, -0.15) is 0 Å². The first kappa shape index (κ1) is 25.1. The van der Waals surface area contributed by atoms with Gasteiger partial charge in [0.1, 0.15) is 5.75 Å². The van der Waals surface area contributed by atoms with E-state index in [9.17, 15) is 4.79 Å². The third-order valence-electron chi connectivity index (χ3n) is 4.11. The molecule has 0 aliphatic carbocycles. The Morgan fingerprint density at radius 1 is 1.17 bits per heavy atom. The molecule has 0 aromatic heterocycles. The zero-order valence-corrected chi connectivity index (χ0v) is 20.3. The fraction of sp³-hybridized carbons (Fsp3) is 0.375. The summed E-state index contributed by atoms with van der Waals surface area (Å²) in [6.07, 6.45) is 1.68. The number of hydrogen-bond acceptors (Lipinski definition) is 4. The summed E-state index contributed by atoms with van der Waals surface area (Å²) >= 11 is 8.13. The van der Waals surface area contributed by atoms with Crippen LogP contribution in [0.4, 0.5) is 5.69 Å². The molecule has 2 aromatic rings. The molecule has 3 rings (SSSR count). The maximum atomic E-state index is 11.6. The van der Waals surface area contributed by atoms with Gasteiger partial charge in [0, 0.05) is 28.1 Å². The number of thioether (sulfide) groups is 1. The van der Waals surface area contributed by atoms with Crippen LogP contribution in [0.3, 0.4) is 0 Å². The second-order valence-electron chi connectivity index (χ2n) is 5.91. The Morgan fingerprint density at radius 2 is 1.83 bits per heavy atom. The molecule has 0 unspecified atom stereocenters. The van der Waals surface area contributed by atoms with Crippen molar-refractivity contribution >= 4 is 34.8 Å². The molecule has 0 amide bonds. The molecule has 1 heterocycles. The quantitative estimate of drug-likeness (QED) is 0.461. The largest absolute Gasteiger partial charge is 0.496 e. The lowest BCUT2D eigenvalue weighted by atomic mass is 9.99. The highest BCUT2D eigenvalue weighted by atomic mass is 35.5. The SMILES string of the molecule is CC.CC.CCN1/C(=C/C(C)=O)Sc2ccc(OC)c(-c3cc(C)ccc3Cl)c21. The number of carbonyl (C=O) groups is 1. The number of anilines is 1. The van der Waals surface area contributed by atoms with E-state index in [0.29, 0.717) is 5.02 Å². The van der Waals surface area contributed by atoms with Crippen LogP contribution < -0.4 is 9.64 Å². The Hall–Kier alpha value is -1.91. The van der Waals surface area contributed by atoms with E-state index in [1.165, 1.54) is 0 Å². The van der Waals surface area contributed by atoms with Gasteiger partial charge in [0.05, 0.1) is 23.4 Å². The lowest BCUT2D eigenvalue weighted by molar-refractivity contribution is -0.112. The van der Waals surface area contributed by atoms with Crippen molar-refractivity contribution in [3.05, 3.63) is 52.0 Å². The molecule has 158 valence electrons. The van der Waals surface area contributed by atoms with Crippen molar-refractivity contribution in [2.24, 2.45) is 0 Å². The van der Waals surface area contributed by atoms with Crippen molar-refractivity contribution in [1.82, 2.24) is 0 Å². The number of ether oxygens (including phenoxy) is 1. The van der Waals surface area contributed by atoms with Gasteiger partial charge in [-0.15, -0.1) is 0 Å². The number of nitrogens with zero attached hydrogens (tertiary/aromatic N) is 1. The number of benzene rings is 2. The maximum absolute atomic E-state index is 11.6. The van der Waals surface area contributed by atoms with Gasteiger partial charge in [-0.25, -0.2) is 0 Å². The predicted octanol–water partition coefficient (Wildman–Crippen LogP) is 7.74. The number of aryl methyl sites for hydroxylation is 1. The Morgan fingerprint density at radius 3 is 2.38 bits per heavy atom. The van der Waals surface area contributed by atoms with Gasteiger partial charge >= 0.3 is 0 Å². The van der Waals surface area contributed by atoms with E-state index in [1.807, 2.05) is 58.9 Å². The minimum atomic E-state index is 0.0378. The third-order valence-corrected chi connectivity index (χ3v) is 5.53. The molecular formula is C24H32ClNO2S. The van der Waals surface area contributed by atoms with Crippen molar-refractivity contribution < 1.29 is 9.53 Å².